The summed E-state index contributed by atoms with van der Waals surface area (Å²) < 4.78 is 10.4. The normalized spacial score (nSPS) is 12.5. The van der Waals surface area contributed by atoms with Crippen LogP contribution >= 0.6 is 0 Å². The van der Waals surface area contributed by atoms with E-state index in [2.05, 4.69) is 5.32 Å². The van der Waals surface area contributed by atoms with Crippen molar-refractivity contribution in [1.82, 2.24) is 5.32 Å². The fourth-order valence-corrected chi connectivity index (χ4v) is 2.94. The Bertz CT molecular complexity index is 884. The number of ether oxygens (including phenoxy) is 2. The monoisotopic (exact) mass is 414 g/mol. The fraction of sp³-hybridized carbons (Fsp3) is 0.364. The topological polar surface area (TPSA) is 108 Å². The van der Waals surface area contributed by atoms with Gasteiger partial charge in [-0.3, -0.25) is 14.9 Å². The molecule has 0 spiro atoms. The predicted octanol–water partition coefficient (Wildman–Crippen LogP) is 3.85. The van der Waals surface area contributed by atoms with Gasteiger partial charge in [-0.15, -0.1) is 0 Å². The lowest BCUT2D eigenvalue weighted by Gasteiger charge is -2.18. The number of esters is 1. The Morgan fingerprint density at radius 1 is 1.13 bits per heavy atom. The number of benzene rings is 2. The number of hydrogen-bond donors (Lipinski definition) is 1. The van der Waals surface area contributed by atoms with Crippen molar-refractivity contribution in [3.8, 4) is 5.75 Å². The molecule has 1 N–H and O–H groups in total. The summed E-state index contributed by atoms with van der Waals surface area (Å²) in [6.07, 6.45) is -0.203. The molecule has 0 unspecified atom stereocenters. The second kappa shape index (κ2) is 10.9. The minimum Gasteiger partial charge on any atom is -0.487 e. The number of hydrogen-bond acceptors (Lipinski definition) is 6. The second-order valence-corrected chi connectivity index (χ2v) is 6.68. The zero-order chi connectivity index (χ0) is 22.1. The quantitative estimate of drug-likeness (QED) is 0.359. The highest BCUT2D eigenvalue weighted by atomic mass is 16.6. The lowest BCUT2D eigenvalue weighted by Crippen LogP contribution is -2.38. The first kappa shape index (κ1) is 22.9. The number of nitro groups is 1. The summed E-state index contributed by atoms with van der Waals surface area (Å²) in [5, 5.41) is 14.0. The molecule has 0 aliphatic rings. The first-order chi connectivity index (χ1) is 14.4. The molecule has 0 radical (unpaired) electrons. The predicted molar refractivity (Wildman–Crippen MR) is 112 cm³/mol. The summed E-state index contributed by atoms with van der Waals surface area (Å²) in [6.45, 7) is 5.86. The van der Waals surface area contributed by atoms with Crippen LogP contribution in [0.4, 0.5) is 5.69 Å². The Kier molecular flexibility index (Phi) is 8.34. The molecule has 1 amide bonds. The van der Waals surface area contributed by atoms with Crippen molar-refractivity contribution in [3.63, 3.8) is 0 Å². The van der Waals surface area contributed by atoms with Gasteiger partial charge in [-0.25, -0.2) is 4.79 Å². The molecule has 8 heteroatoms. The van der Waals surface area contributed by atoms with Gasteiger partial charge in [0.15, 0.2) is 11.9 Å². The number of carbonyl (C=O) groups is 2. The van der Waals surface area contributed by atoms with E-state index in [9.17, 15) is 19.7 Å². The number of rotatable bonds is 10. The van der Waals surface area contributed by atoms with E-state index < -0.39 is 22.9 Å². The van der Waals surface area contributed by atoms with Crippen molar-refractivity contribution in [1.29, 1.82) is 0 Å². The van der Waals surface area contributed by atoms with Gasteiger partial charge in [-0.1, -0.05) is 37.3 Å². The average Bonchev–Trinajstić information content (AvgIpc) is 2.75. The molecule has 8 nitrogen and oxygen atoms in total. The van der Waals surface area contributed by atoms with Gasteiger partial charge in [0.1, 0.15) is 0 Å². The van der Waals surface area contributed by atoms with Crippen LogP contribution in [0.3, 0.4) is 0 Å². The Hall–Kier alpha value is -3.42. The van der Waals surface area contributed by atoms with E-state index in [-0.39, 0.29) is 29.5 Å². The van der Waals surface area contributed by atoms with E-state index in [1.165, 1.54) is 19.1 Å². The largest absolute Gasteiger partial charge is 0.487 e. The van der Waals surface area contributed by atoms with Crippen molar-refractivity contribution in [2.75, 3.05) is 13.2 Å². The smallest absolute Gasteiger partial charge is 0.339 e. The van der Waals surface area contributed by atoms with E-state index in [1.807, 2.05) is 37.3 Å². The highest BCUT2D eigenvalue weighted by molar-refractivity contribution is 5.93. The first-order valence-corrected chi connectivity index (χ1v) is 9.82. The van der Waals surface area contributed by atoms with Gasteiger partial charge in [0.05, 0.1) is 17.1 Å². The minimum atomic E-state index is -1.04. The molecular formula is C22H26N2O6. The van der Waals surface area contributed by atoms with Crippen molar-refractivity contribution >= 4 is 17.6 Å². The average molecular weight is 414 g/mol. The molecular weight excluding hydrogens is 388 g/mol. The minimum absolute atomic E-state index is 0.0273. The summed E-state index contributed by atoms with van der Waals surface area (Å²) in [6, 6.07) is 13.6. The van der Waals surface area contributed by atoms with Gasteiger partial charge in [0, 0.05) is 18.5 Å². The van der Waals surface area contributed by atoms with Crippen LogP contribution in [0.25, 0.3) is 0 Å². The van der Waals surface area contributed by atoms with E-state index in [0.29, 0.717) is 6.54 Å². The van der Waals surface area contributed by atoms with Crippen molar-refractivity contribution < 1.29 is 24.0 Å². The third kappa shape index (κ3) is 6.04. The molecule has 0 aliphatic heterocycles. The summed E-state index contributed by atoms with van der Waals surface area (Å²) in [5.41, 5.74) is 0.754. The van der Waals surface area contributed by atoms with E-state index >= 15 is 0 Å². The van der Waals surface area contributed by atoms with Crippen LogP contribution in [0.15, 0.2) is 48.5 Å². The zero-order valence-electron chi connectivity index (χ0n) is 17.3. The van der Waals surface area contributed by atoms with E-state index in [4.69, 9.17) is 9.47 Å². The van der Waals surface area contributed by atoms with Gasteiger partial charge in [0.2, 0.25) is 0 Å². The van der Waals surface area contributed by atoms with E-state index in [0.717, 1.165) is 18.1 Å². The van der Waals surface area contributed by atoms with Gasteiger partial charge in [-0.05, 0) is 38.0 Å². The highest BCUT2D eigenvalue weighted by Crippen LogP contribution is 2.28. The maximum atomic E-state index is 12.4. The molecule has 0 saturated heterocycles. The molecule has 0 bridgehead atoms. The van der Waals surface area contributed by atoms with Gasteiger partial charge >= 0.3 is 11.7 Å². The number of nitrogens with one attached hydrogen (secondary N) is 1. The molecule has 0 aliphatic carbocycles. The number of nitrogens with zero attached hydrogens (tertiary/aromatic N) is 1. The van der Waals surface area contributed by atoms with Gasteiger partial charge in [-0.2, -0.15) is 0 Å². The SMILES string of the molecule is CCOc1ccc(C(=O)O[C@@H](C)C(=O)NC[C@H](CC)c2ccccc2)cc1[N+](=O)[O-]. The number of amides is 1. The fourth-order valence-electron chi connectivity index (χ4n) is 2.94. The maximum absolute atomic E-state index is 12.4. The standard InChI is InChI=1S/C22H26N2O6/c1-4-16(17-9-7-6-8-10-17)14-23-21(25)15(3)30-22(26)18-11-12-20(29-5-2)19(13-18)24(27)28/h6-13,15-16H,4-5,14H2,1-3H3,(H,23,25)/t15-,16-/m0/s1. The lowest BCUT2D eigenvalue weighted by molar-refractivity contribution is -0.385. The molecule has 160 valence electrons. The number of carbonyl (C=O) groups excluding carboxylic acids is 2. The summed E-state index contributed by atoms with van der Waals surface area (Å²) in [4.78, 5) is 35.3. The zero-order valence-corrected chi connectivity index (χ0v) is 17.3. The van der Waals surface area contributed by atoms with Gasteiger partial charge < -0.3 is 14.8 Å². The Morgan fingerprint density at radius 2 is 1.83 bits per heavy atom. The third-order valence-corrected chi connectivity index (χ3v) is 4.63. The molecule has 0 fully saturated rings. The molecule has 2 rings (SSSR count). The Balaban J connectivity index is 1.98. The van der Waals surface area contributed by atoms with Crippen LogP contribution in [0.5, 0.6) is 5.75 Å². The van der Waals surface area contributed by atoms with Crippen LogP contribution in [0, 0.1) is 10.1 Å². The van der Waals surface area contributed by atoms with Crippen LogP contribution in [0.1, 0.15) is 49.0 Å². The van der Waals surface area contributed by atoms with Gasteiger partial charge in [0.25, 0.3) is 5.91 Å². The van der Waals surface area contributed by atoms with Crippen molar-refractivity contribution in [2.24, 2.45) is 0 Å². The number of nitro benzene ring substituents is 1. The van der Waals surface area contributed by atoms with Crippen molar-refractivity contribution in [3.05, 3.63) is 69.8 Å². The lowest BCUT2D eigenvalue weighted by atomic mass is 9.96. The molecule has 2 aromatic carbocycles. The van der Waals surface area contributed by atoms with Crippen LogP contribution in [-0.4, -0.2) is 36.1 Å². The second-order valence-electron chi connectivity index (χ2n) is 6.68. The van der Waals surface area contributed by atoms with E-state index in [1.54, 1.807) is 6.92 Å². The van der Waals surface area contributed by atoms with Crippen LogP contribution < -0.4 is 10.1 Å². The van der Waals surface area contributed by atoms with Crippen molar-refractivity contribution in [2.45, 2.75) is 39.2 Å². The van der Waals surface area contributed by atoms with Crippen LogP contribution in [0.2, 0.25) is 0 Å². The Labute approximate surface area is 175 Å². The molecule has 2 atom stereocenters. The molecule has 0 saturated carbocycles. The molecule has 2 aromatic rings. The summed E-state index contributed by atoms with van der Waals surface area (Å²) in [7, 11) is 0. The first-order valence-electron chi connectivity index (χ1n) is 9.82. The Morgan fingerprint density at radius 3 is 2.43 bits per heavy atom. The molecule has 0 aromatic heterocycles. The molecule has 30 heavy (non-hydrogen) atoms. The molecule has 0 heterocycles. The third-order valence-electron chi connectivity index (χ3n) is 4.63. The maximum Gasteiger partial charge on any atom is 0.339 e. The highest BCUT2D eigenvalue weighted by Gasteiger charge is 2.23. The summed E-state index contributed by atoms with van der Waals surface area (Å²) in [5.74, 6) is -1.04. The summed E-state index contributed by atoms with van der Waals surface area (Å²) >= 11 is 0. The van der Waals surface area contributed by atoms with Crippen LogP contribution in [-0.2, 0) is 9.53 Å².